The molecule has 0 radical (unpaired) electrons. The number of nitrogens with two attached hydrogens (primary N) is 1. The number of nitrogens with zero attached hydrogens (tertiary/aromatic N) is 6. The van der Waals surface area contributed by atoms with Crippen molar-refractivity contribution >= 4 is 28.3 Å². The maximum absolute atomic E-state index is 13.3. The molecule has 3 heterocycles. The molecule has 2 fully saturated rings. The summed E-state index contributed by atoms with van der Waals surface area (Å²) in [5.74, 6) is 1.32. The number of anilines is 2. The molecule has 0 saturated carbocycles. The number of hydrogen-bond donors (Lipinski definition) is 1. The summed E-state index contributed by atoms with van der Waals surface area (Å²) in [6.07, 6.45) is 5.12. The fourth-order valence-corrected chi connectivity index (χ4v) is 4.19. The van der Waals surface area contributed by atoms with Crippen LogP contribution in [0.1, 0.15) is 30.0 Å². The van der Waals surface area contributed by atoms with Crippen LogP contribution in [0.2, 0.25) is 0 Å². The maximum Gasteiger partial charge on any atom is 0.150 e. The highest BCUT2D eigenvalue weighted by Crippen LogP contribution is 2.34. The van der Waals surface area contributed by atoms with E-state index in [9.17, 15) is 4.39 Å². The number of nitriles is 1. The molecular weight excluding hydrogens is 417 g/mol. The number of aliphatic imine (C=N–C) groups is 1. The van der Waals surface area contributed by atoms with Crippen molar-refractivity contribution < 1.29 is 4.39 Å². The lowest BCUT2D eigenvalue weighted by molar-refractivity contribution is 0.195. The molecule has 160 valence electrons. The monoisotopic (exact) mass is 439 g/mol. The Labute approximate surface area is 185 Å². The van der Waals surface area contributed by atoms with E-state index in [0.29, 0.717) is 24.5 Å². The smallest absolute Gasteiger partial charge is 0.150 e. The molecule has 2 N–H and O–H groups in total. The lowest BCUT2D eigenvalue weighted by Crippen LogP contribution is -2.45. The standard InChI is InChI=1S/C22H23ClFN7/c1-14(29-21(23)18-3-2-17(24)10-19(18)26)31-12-16(13-31)20-22(28-7-6-27-20)30-8-4-15(11-25)5-9-30/h2-3,6-7,10,15-16H,1,4-5,8-9,12-13,26H2. The minimum absolute atomic E-state index is 0.122. The van der Waals surface area contributed by atoms with Crippen molar-refractivity contribution in [1.29, 1.82) is 5.26 Å². The van der Waals surface area contributed by atoms with E-state index in [-0.39, 0.29) is 22.7 Å². The first-order valence-electron chi connectivity index (χ1n) is 10.1. The summed E-state index contributed by atoms with van der Waals surface area (Å²) in [4.78, 5) is 17.8. The first-order valence-corrected chi connectivity index (χ1v) is 10.5. The predicted octanol–water partition coefficient (Wildman–Crippen LogP) is 3.49. The number of hydrogen-bond acceptors (Lipinski definition) is 7. The minimum atomic E-state index is -0.424. The number of likely N-dealkylation sites (tertiary alicyclic amines) is 1. The van der Waals surface area contributed by atoms with Crippen LogP contribution in [0.4, 0.5) is 15.9 Å². The zero-order chi connectivity index (χ0) is 22.0. The van der Waals surface area contributed by atoms with Crippen molar-refractivity contribution in [2.45, 2.75) is 18.8 Å². The van der Waals surface area contributed by atoms with Gasteiger partial charge in [-0.25, -0.2) is 14.4 Å². The molecule has 0 aliphatic carbocycles. The molecule has 7 nitrogen and oxygen atoms in total. The number of nitrogen functional groups attached to an aromatic ring is 1. The highest BCUT2D eigenvalue weighted by atomic mass is 35.5. The Bertz CT molecular complexity index is 1050. The van der Waals surface area contributed by atoms with E-state index in [1.165, 1.54) is 18.2 Å². The van der Waals surface area contributed by atoms with E-state index in [4.69, 9.17) is 22.6 Å². The van der Waals surface area contributed by atoms with Crippen molar-refractivity contribution in [3.05, 3.63) is 60.1 Å². The van der Waals surface area contributed by atoms with E-state index < -0.39 is 5.82 Å². The van der Waals surface area contributed by atoms with Crippen molar-refractivity contribution in [3.8, 4) is 6.07 Å². The van der Waals surface area contributed by atoms with Gasteiger partial charge in [-0.05, 0) is 31.0 Å². The van der Waals surface area contributed by atoms with Gasteiger partial charge in [0.2, 0.25) is 0 Å². The van der Waals surface area contributed by atoms with Crippen LogP contribution in [0, 0.1) is 23.1 Å². The van der Waals surface area contributed by atoms with E-state index >= 15 is 0 Å². The predicted molar refractivity (Wildman–Crippen MR) is 119 cm³/mol. The Kier molecular flexibility index (Phi) is 6.05. The summed E-state index contributed by atoms with van der Waals surface area (Å²) < 4.78 is 13.3. The molecule has 0 unspecified atom stereocenters. The topological polar surface area (TPSA) is 94.4 Å². The van der Waals surface area contributed by atoms with Crippen LogP contribution >= 0.6 is 11.6 Å². The van der Waals surface area contributed by atoms with Gasteiger partial charge in [-0.1, -0.05) is 18.2 Å². The lowest BCUT2D eigenvalue weighted by atomic mass is 9.94. The summed E-state index contributed by atoms with van der Waals surface area (Å²) in [7, 11) is 0. The SMILES string of the molecule is C=C(N=C(Cl)c1ccc(F)cc1N)N1CC(c2nccnc2N2CCC(C#N)CC2)C1. The zero-order valence-electron chi connectivity index (χ0n) is 17.0. The molecule has 0 spiro atoms. The van der Waals surface area contributed by atoms with Gasteiger partial charge in [0.05, 0.1) is 11.8 Å². The Morgan fingerprint density at radius 3 is 2.65 bits per heavy atom. The van der Waals surface area contributed by atoms with E-state index in [1.54, 1.807) is 12.4 Å². The third kappa shape index (κ3) is 4.47. The van der Waals surface area contributed by atoms with E-state index in [0.717, 1.165) is 37.4 Å². The fraction of sp³-hybridized carbons (Fsp3) is 0.364. The molecule has 2 aromatic rings. The second-order valence-corrected chi connectivity index (χ2v) is 8.17. The van der Waals surface area contributed by atoms with Gasteiger partial charge < -0.3 is 15.5 Å². The molecule has 31 heavy (non-hydrogen) atoms. The normalized spacial score (nSPS) is 17.9. The third-order valence-corrected chi connectivity index (χ3v) is 6.07. The summed E-state index contributed by atoms with van der Waals surface area (Å²) >= 11 is 6.30. The zero-order valence-corrected chi connectivity index (χ0v) is 17.8. The second-order valence-electron chi connectivity index (χ2n) is 7.81. The van der Waals surface area contributed by atoms with Crippen molar-refractivity contribution in [1.82, 2.24) is 14.9 Å². The second kappa shape index (κ2) is 8.90. The fourth-order valence-electron chi connectivity index (χ4n) is 3.92. The number of aromatic nitrogens is 2. The first kappa shape index (κ1) is 21.1. The van der Waals surface area contributed by atoms with Gasteiger partial charge in [-0.2, -0.15) is 5.26 Å². The van der Waals surface area contributed by atoms with Crippen molar-refractivity contribution in [2.75, 3.05) is 36.8 Å². The Morgan fingerprint density at radius 2 is 1.97 bits per heavy atom. The van der Waals surface area contributed by atoms with Crippen LogP contribution in [0.25, 0.3) is 0 Å². The van der Waals surface area contributed by atoms with Crippen LogP contribution < -0.4 is 10.6 Å². The highest BCUT2D eigenvalue weighted by molar-refractivity contribution is 6.70. The van der Waals surface area contributed by atoms with Crippen LogP contribution in [-0.2, 0) is 0 Å². The molecule has 1 aromatic carbocycles. The average molecular weight is 440 g/mol. The van der Waals surface area contributed by atoms with Gasteiger partial charge in [0.15, 0.2) is 5.82 Å². The lowest BCUT2D eigenvalue weighted by Gasteiger charge is -2.41. The summed E-state index contributed by atoms with van der Waals surface area (Å²) in [5, 5.41) is 9.30. The molecule has 2 aliphatic heterocycles. The molecule has 0 atom stereocenters. The van der Waals surface area contributed by atoms with Gasteiger partial charge >= 0.3 is 0 Å². The average Bonchev–Trinajstić information content (AvgIpc) is 2.73. The molecule has 4 rings (SSSR count). The molecule has 2 aliphatic rings. The van der Waals surface area contributed by atoms with Gasteiger partial charge in [0.25, 0.3) is 0 Å². The number of halogens is 2. The van der Waals surface area contributed by atoms with Gasteiger partial charge in [0, 0.05) is 61.7 Å². The quantitative estimate of drug-likeness (QED) is 0.566. The summed E-state index contributed by atoms with van der Waals surface area (Å²) in [6, 6.07) is 6.37. The number of rotatable bonds is 5. The summed E-state index contributed by atoms with van der Waals surface area (Å²) in [6.45, 7) is 7.03. The first-order chi connectivity index (χ1) is 15.0. The number of benzene rings is 1. The Morgan fingerprint density at radius 1 is 1.26 bits per heavy atom. The van der Waals surface area contributed by atoms with Crippen LogP contribution in [-0.4, -0.2) is 46.2 Å². The third-order valence-electron chi connectivity index (χ3n) is 5.78. The molecule has 0 amide bonds. The molecule has 9 heteroatoms. The summed E-state index contributed by atoms with van der Waals surface area (Å²) in [5.41, 5.74) is 7.50. The number of piperidine rings is 1. The largest absolute Gasteiger partial charge is 0.398 e. The van der Waals surface area contributed by atoms with Gasteiger partial charge in [0.1, 0.15) is 16.8 Å². The van der Waals surface area contributed by atoms with Crippen LogP contribution in [0.15, 0.2) is 48.0 Å². The van der Waals surface area contributed by atoms with Crippen LogP contribution in [0.3, 0.4) is 0 Å². The van der Waals surface area contributed by atoms with E-state index in [2.05, 4.69) is 32.5 Å². The van der Waals surface area contributed by atoms with Crippen molar-refractivity contribution in [3.63, 3.8) is 0 Å². The molecular formula is C22H23ClFN7. The Hall–Kier alpha value is -3.18. The molecule has 2 saturated heterocycles. The minimum Gasteiger partial charge on any atom is -0.398 e. The maximum atomic E-state index is 13.3. The van der Waals surface area contributed by atoms with E-state index in [1.807, 2.05) is 4.90 Å². The Balaban J connectivity index is 1.41. The van der Waals surface area contributed by atoms with Crippen LogP contribution in [0.5, 0.6) is 0 Å². The van der Waals surface area contributed by atoms with Gasteiger partial charge in [-0.15, -0.1) is 0 Å². The van der Waals surface area contributed by atoms with Gasteiger partial charge in [-0.3, -0.25) is 4.98 Å². The molecule has 0 bridgehead atoms. The highest BCUT2D eigenvalue weighted by Gasteiger charge is 2.34. The van der Waals surface area contributed by atoms with Crippen molar-refractivity contribution in [2.24, 2.45) is 10.9 Å². The molecule has 1 aromatic heterocycles.